The second-order valence-corrected chi connectivity index (χ2v) is 5.82. The number of nitrogens with one attached hydrogen (secondary N) is 1. The van der Waals surface area contributed by atoms with Gasteiger partial charge in [-0.05, 0) is 49.4 Å². The zero-order valence-electron chi connectivity index (χ0n) is 9.93. The number of hydrogen-bond acceptors (Lipinski definition) is 1. The van der Waals surface area contributed by atoms with Crippen LogP contribution < -0.4 is 5.32 Å². The molecule has 2 heteroatoms. The van der Waals surface area contributed by atoms with Crippen molar-refractivity contribution in [2.75, 3.05) is 11.9 Å². The van der Waals surface area contributed by atoms with E-state index in [4.69, 9.17) is 0 Å². The van der Waals surface area contributed by atoms with Crippen LogP contribution in [0.25, 0.3) is 0 Å². The van der Waals surface area contributed by atoms with E-state index in [2.05, 4.69) is 46.4 Å². The summed E-state index contributed by atoms with van der Waals surface area (Å²) in [4.78, 5) is 0. The van der Waals surface area contributed by atoms with Gasteiger partial charge in [0, 0.05) is 16.7 Å². The van der Waals surface area contributed by atoms with Gasteiger partial charge >= 0.3 is 0 Å². The molecular weight excluding hydrogens is 262 g/mol. The Balaban J connectivity index is 1.88. The average molecular weight is 282 g/mol. The van der Waals surface area contributed by atoms with E-state index in [9.17, 15) is 0 Å². The minimum atomic E-state index is 0.882. The van der Waals surface area contributed by atoms with Crippen LogP contribution in [0.4, 0.5) is 5.69 Å². The fraction of sp³-hybridized carbons (Fsp3) is 0.571. The first-order valence-electron chi connectivity index (χ1n) is 6.25. The molecule has 2 rings (SSSR count). The highest BCUT2D eigenvalue weighted by Gasteiger charge is 2.12. The van der Waals surface area contributed by atoms with Gasteiger partial charge in [-0.25, -0.2) is 0 Å². The third-order valence-corrected chi connectivity index (χ3v) is 3.82. The van der Waals surface area contributed by atoms with Crippen LogP contribution in [0.2, 0.25) is 0 Å². The molecule has 1 aliphatic carbocycles. The van der Waals surface area contributed by atoms with Crippen molar-refractivity contribution in [1.29, 1.82) is 0 Å². The predicted octanol–water partition coefficient (Wildman–Crippen LogP) is 4.75. The van der Waals surface area contributed by atoms with Crippen molar-refractivity contribution < 1.29 is 0 Å². The second-order valence-electron chi connectivity index (χ2n) is 4.90. The molecule has 0 bridgehead atoms. The Labute approximate surface area is 107 Å². The molecule has 0 atom stereocenters. The van der Waals surface area contributed by atoms with E-state index >= 15 is 0 Å². The standard InChI is InChI=1S/C14H20BrN/c1-11-7-13(15)9-14(8-11)16-10-12-5-3-2-4-6-12/h7-9,12,16H,2-6,10H2,1H3. The summed E-state index contributed by atoms with van der Waals surface area (Å²) in [7, 11) is 0. The lowest BCUT2D eigenvalue weighted by Crippen LogP contribution is -2.17. The van der Waals surface area contributed by atoms with Crippen LogP contribution in [-0.4, -0.2) is 6.54 Å². The van der Waals surface area contributed by atoms with Crippen molar-refractivity contribution in [2.24, 2.45) is 5.92 Å². The van der Waals surface area contributed by atoms with Crippen molar-refractivity contribution in [3.63, 3.8) is 0 Å². The van der Waals surface area contributed by atoms with Gasteiger partial charge in [0.1, 0.15) is 0 Å². The average Bonchev–Trinajstić information content (AvgIpc) is 2.27. The van der Waals surface area contributed by atoms with E-state index in [1.807, 2.05) is 0 Å². The molecule has 1 aromatic carbocycles. The zero-order chi connectivity index (χ0) is 11.4. The fourth-order valence-electron chi connectivity index (χ4n) is 2.49. The predicted molar refractivity (Wildman–Crippen MR) is 73.9 cm³/mol. The number of halogens is 1. The summed E-state index contributed by atoms with van der Waals surface area (Å²) in [6, 6.07) is 6.52. The number of hydrogen-bond donors (Lipinski definition) is 1. The first-order valence-corrected chi connectivity index (χ1v) is 7.04. The lowest BCUT2D eigenvalue weighted by molar-refractivity contribution is 0.373. The molecule has 1 N–H and O–H groups in total. The van der Waals surface area contributed by atoms with E-state index in [1.165, 1.54) is 47.8 Å². The highest BCUT2D eigenvalue weighted by molar-refractivity contribution is 9.10. The molecule has 0 saturated heterocycles. The lowest BCUT2D eigenvalue weighted by atomic mass is 9.89. The van der Waals surface area contributed by atoms with Crippen LogP contribution in [0.15, 0.2) is 22.7 Å². The molecule has 88 valence electrons. The van der Waals surface area contributed by atoms with E-state index in [0.717, 1.165) is 12.5 Å². The third-order valence-electron chi connectivity index (χ3n) is 3.36. The smallest absolute Gasteiger partial charge is 0.0354 e. The van der Waals surface area contributed by atoms with E-state index in [-0.39, 0.29) is 0 Å². The summed E-state index contributed by atoms with van der Waals surface area (Å²) in [6.45, 7) is 3.27. The number of anilines is 1. The highest BCUT2D eigenvalue weighted by atomic mass is 79.9. The molecule has 1 aromatic rings. The van der Waals surface area contributed by atoms with E-state index in [1.54, 1.807) is 0 Å². The van der Waals surface area contributed by atoms with E-state index < -0.39 is 0 Å². The number of benzene rings is 1. The molecule has 1 nitrogen and oxygen atoms in total. The van der Waals surface area contributed by atoms with Gasteiger partial charge in [0.05, 0.1) is 0 Å². The van der Waals surface area contributed by atoms with Gasteiger partial charge in [0.25, 0.3) is 0 Å². The molecule has 1 fully saturated rings. The van der Waals surface area contributed by atoms with Gasteiger partial charge in [-0.15, -0.1) is 0 Å². The van der Waals surface area contributed by atoms with Crippen LogP contribution in [-0.2, 0) is 0 Å². The topological polar surface area (TPSA) is 12.0 Å². The Hall–Kier alpha value is -0.500. The van der Waals surface area contributed by atoms with Crippen LogP contribution in [0.5, 0.6) is 0 Å². The molecule has 1 aliphatic rings. The van der Waals surface area contributed by atoms with Crippen LogP contribution in [0.3, 0.4) is 0 Å². The third kappa shape index (κ3) is 3.51. The summed E-state index contributed by atoms with van der Waals surface area (Å²) < 4.78 is 1.17. The van der Waals surface area contributed by atoms with Gasteiger partial charge in [-0.3, -0.25) is 0 Å². The summed E-state index contributed by atoms with van der Waals surface area (Å²) in [5.74, 6) is 0.882. The quantitative estimate of drug-likeness (QED) is 0.843. The minimum absolute atomic E-state index is 0.882. The second kappa shape index (κ2) is 5.72. The molecule has 16 heavy (non-hydrogen) atoms. The Bertz CT molecular complexity index is 322. The van der Waals surface area contributed by atoms with Gasteiger partial charge in [-0.2, -0.15) is 0 Å². The molecule has 0 radical (unpaired) electrons. The molecule has 0 spiro atoms. The molecule has 1 saturated carbocycles. The van der Waals surface area contributed by atoms with Crippen LogP contribution >= 0.6 is 15.9 Å². The number of rotatable bonds is 3. The normalized spacial score (nSPS) is 17.4. The monoisotopic (exact) mass is 281 g/mol. The maximum Gasteiger partial charge on any atom is 0.0354 e. The van der Waals surface area contributed by atoms with Crippen molar-refractivity contribution >= 4 is 21.6 Å². The summed E-state index contributed by atoms with van der Waals surface area (Å²) in [6.07, 6.45) is 7.08. The molecule has 0 aromatic heterocycles. The molecular formula is C14H20BrN. The van der Waals surface area contributed by atoms with E-state index in [0.29, 0.717) is 0 Å². The summed E-state index contributed by atoms with van der Waals surface area (Å²) in [5.41, 5.74) is 2.55. The first-order chi connectivity index (χ1) is 7.74. The molecule has 0 unspecified atom stereocenters. The minimum Gasteiger partial charge on any atom is -0.385 e. The summed E-state index contributed by atoms with van der Waals surface area (Å²) >= 11 is 3.54. The van der Waals surface area contributed by atoms with Gasteiger partial charge in [0.15, 0.2) is 0 Å². The first kappa shape index (κ1) is 12.0. The maximum absolute atomic E-state index is 3.57. The Kier molecular flexibility index (Phi) is 4.28. The molecule has 0 aliphatic heterocycles. The lowest BCUT2D eigenvalue weighted by Gasteiger charge is -2.22. The van der Waals surface area contributed by atoms with Gasteiger partial charge in [-0.1, -0.05) is 35.2 Å². The Morgan fingerprint density at radius 1 is 1.19 bits per heavy atom. The fourth-order valence-corrected chi connectivity index (χ4v) is 3.10. The van der Waals surface area contributed by atoms with Gasteiger partial charge < -0.3 is 5.32 Å². The van der Waals surface area contributed by atoms with Crippen LogP contribution in [0.1, 0.15) is 37.7 Å². The molecule has 0 heterocycles. The Morgan fingerprint density at radius 2 is 1.94 bits per heavy atom. The van der Waals surface area contributed by atoms with Crippen molar-refractivity contribution in [1.82, 2.24) is 0 Å². The van der Waals surface area contributed by atoms with Gasteiger partial charge in [0.2, 0.25) is 0 Å². The highest BCUT2D eigenvalue weighted by Crippen LogP contribution is 2.25. The SMILES string of the molecule is Cc1cc(Br)cc(NCC2CCCCC2)c1. The van der Waals surface area contributed by atoms with Crippen molar-refractivity contribution in [3.8, 4) is 0 Å². The molecule has 0 amide bonds. The number of aryl methyl sites for hydroxylation is 1. The zero-order valence-corrected chi connectivity index (χ0v) is 11.5. The van der Waals surface area contributed by atoms with Crippen molar-refractivity contribution in [3.05, 3.63) is 28.2 Å². The maximum atomic E-state index is 3.57. The largest absolute Gasteiger partial charge is 0.385 e. The Morgan fingerprint density at radius 3 is 2.62 bits per heavy atom. The van der Waals surface area contributed by atoms with Crippen molar-refractivity contribution in [2.45, 2.75) is 39.0 Å². The summed E-state index contributed by atoms with van der Waals surface area (Å²) in [5, 5.41) is 3.57. The van der Waals surface area contributed by atoms with Crippen LogP contribution in [0, 0.1) is 12.8 Å².